The molecule has 4 nitrogen and oxygen atoms in total. The molecule has 0 fully saturated rings. The number of aliphatic carboxylic acids is 1. The molecular weight excluding hydrogens is 216 g/mol. The molecule has 86 valence electrons. The zero-order valence-electron chi connectivity index (χ0n) is 9.37. The van der Waals surface area contributed by atoms with Crippen LogP contribution in [0.1, 0.15) is 11.3 Å². The molecule has 4 heteroatoms. The highest BCUT2D eigenvalue weighted by molar-refractivity contribution is 5.85. The van der Waals surface area contributed by atoms with Gasteiger partial charge in [0.1, 0.15) is 0 Å². The summed E-state index contributed by atoms with van der Waals surface area (Å²) in [6, 6.07) is 9.43. The Labute approximate surface area is 98.8 Å². The van der Waals surface area contributed by atoms with Crippen molar-refractivity contribution in [2.75, 3.05) is 0 Å². The number of hydrogen-bond donors (Lipinski definition) is 1. The van der Waals surface area contributed by atoms with E-state index in [-0.39, 0.29) is 0 Å². The maximum absolute atomic E-state index is 10.4. The third-order valence-electron chi connectivity index (χ3n) is 2.28. The third-order valence-corrected chi connectivity index (χ3v) is 2.28. The zero-order valence-corrected chi connectivity index (χ0v) is 9.37. The van der Waals surface area contributed by atoms with Gasteiger partial charge < -0.3 is 5.11 Å². The van der Waals surface area contributed by atoms with Gasteiger partial charge in [-0.05, 0) is 36.8 Å². The summed E-state index contributed by atoms with van der Waals surface area (Å²) in [5, 5.41) is 12.9. The molecule has 0 saturated heterocycles. The number of carbonyl (C=O) groups is 1. The topological polar surface area (TPSA) is 55.1 Å². The van der Waals surface area contributed by atoms with Crippen molar-refractivity contribution in [1.82, 2.24) is 9.78 Å². The molecule has 0 saturated carbocycles. The predicted octanol–water partition coefficient (Wildman–Crippen LogP) is 2.28. The first kappa shape index (κ1) is 11.1. The highest BCUT2D eigenvalue weighted by Gasteiger charge is 1.98. The number of rotatable bonds is 3. The Morgan fingerprint density at radius 2 is 2.24 bits per heavy atom. The van der Waals surface area contributed by atoms with Crippen LogP contribution in [0.5, 0.6) is 0 Å². The van der Waals surface area contributed by atoms with Gasteiger partial charge in [0.25, 0.3) is 0 Å². The van der Waals surface area contributed by atoms with Crippen molar-refractivity contribution in [2.24, 2.45) is 0 Å². The van der Waals surface area contributed by atoms with E-state index < -0.39 is 5.97 Å². The minimum absolute atomic E-state index is 0.832. The Balaban J connectivity index is 2.31. The van der Waals surface area contributed by atoms with Crippen LogP contribution in [-0.2, 0) is 4.79 Å². The van der Waals surface area contributed by atoms with Crippen LogP contribution in [0.3, 0.4) is 0 Å². The molecule has 0 bridgehead atoms. The van der Waals surface area contributed by atoms with Gasteiger partial charge in [0.15, 0.2) is 0 Å². The van der Waals surface area contributed by atoms with Crippen molar-refractivity contribution >= 4 is 12.0 Å². The molecule has 17 heavy (non-hydrogen) atoms. The van der Waals surface area contributed by atoms with Crippen molar-refractivity contribution in [1.29, 1.82) is 0 Å². The van der Waals surface area contributed by atoms with Gasteiger partial charge in [-0.1, -0.05) is 12.1 Å². The van der Waals surface area contributed by atoms with Crippen LogP contribution in [0.15, 0.2) is 42.6 Å². The number of carboxylic acid groups (broad SMARTS) is 1. The number of benzene rings is 1. The fourth-order valence-corrected chi connectivity index (χ4v) is 1.50. The fraction of sp³-hybridized carbons (Fsp3) is 0.0769. The summed E-state index contributed by atoms with van der Waals surface area (Å²) < 4.78 is 1.76. The van der Waals surface area contributed by atoms with E-state index in [2.05, 4.69) is 5.10 Å². The number of carboxylic acids is 1. The fourth-order valence-electron chi connectivity index (χ4n) is 1.50. The van der Waals surface area contributed by atoms with Gasteiger partial charge in [0.2, 0.25) is 0 Å². The second kappa shape index (κ2) is 4.65. The average Bonchev–Trinajstić information content (AvgIpc) is 2.74. The predicted molar refractivity (Wildman–Crippen MR) is 65.0 cm³/mol. The van der Waals surface area contributed by atoms with Crippen molar-refractivity contribution in [3.05, 3.63) is 53.9 Å². The summed E-state index contributed by atoms with van der Waals surface area (Å²) >= 11 is 0. The van der Waals surface area contributed by atoms with E-state index in [4.69, 9.17) is 5.11 Å². The Morgan fingerprint density at radius 1 is 1.41 bits per heavy atom. The van der Waals surface area contributed by atoms with Crippen molar-refractivity contribution < 1.29 is 9.90 Å². The summed E-state index contributed by atoms with van der Waals surface area (Å²) in [4.78, 5) is 10.4. The summed E-state index contributed by atoms with van der Waals surface area (Å²) in [5.74, 6) is -0.953. The largest absolute Gasteiger partial charge is 0.478 e. The summed E-state index contributed by atoms with van der Waals surface area (Å²) in [6.07, 6.45) is 4.55. The summed E-state index contributed by atoms with van der Waals surface area (Å²) in [5.41, 5.74) is 2.68. The van der Waals surface area contributed by atoms with Crippen molar-refractivity contribution in [3.8, 4) is 5.69 Å². The highest BCUT2D eigenvalue weighted by Crippen LogP contribution is 2.11. The molecule has 0 aliphatic rings. The monoisotopic (exact) mass is 228 g/mol. The van der Waals surface area contributed by atoms with Gasteiger partial charge >= 0.3 is 5.97 Å². The minimum atomic E-state index is -0.953. The molecule has 0 aliphatic heterocycles. The van der Waals surface area contributed by atoms with E-state index in [0.29, 0.717) is 0 Å². The van der Waals surface area contributed by atoms with Crippen LogP contribution in [0.2, 0.25) is 0 Å². The van der Waals surface area contributed by atoms with Gasteiger partial charge in [-0.3, -0.25) is 0 Å². The SMILES string of the molecule is Cc1ccn(-c2cccc(C=CC(=O)O)c2)n1. The van der Waals surface area contributed by atoms with Crippen LogP contribution in [0.4, 0.5) is 0 Å². The standard InChI is InChI=1S/C13H12N2O2/c1-10-7-8-15(14-10)12-4-2-3-11(9-12)5-6-13(16)17/h2-9H,1H3,(H,16,17). The highest BCUT2D eigenvalue weighted by atomic mass is 16.4. The number of hydrogen-bond acceptors (Lipinski definition) is 2. The first-order chi connectivity index (χ1) is 8.15. The minimum Gasteiger partial charge on any atom is -0.478 e. The van der Waals surface area contributed by atoms with E-state index in [1.165, 1.54) is 0 Å². The molecule has 2 rings (SSSR count). The summed E-state index contributed by atoms with van der Waals surface area (Å²) in [6.45, 7) is 1.92. The molecule has 0 radical (unpaired) electrons. The first-order valence-electron chi connectivity index (χ1n) is 5.19. The van der Waals surface area contributed by atoms with E-state index in [1.807, 2.05) is 43.5 Å². The molecule has 2 aromatic rings. The van der Waals surface area contributed by atoms with Gasteiger partial charge in [-0.25, -0.2) is 9.48 Å². The van der Waals surface area contributed by atoms with Crippen LogP contribution < -0.4 is 0 Å². The molecule has 0 unspecified atom stereocenters. The number of nitrogens with zero attached hydrogens (tertiary/aromatic N) is 2. The number of aromatic nitrogens is 2. The van der Waals surface area contributed by atoms with Gasteiger partial charge in [-0.15, -0.1) is 0 Å². The molecule has 1 N–H and O–H groups in total. The Bertz CT molecular complexity index is 570. The lowest BCUT2D eigenvalue weighted by Gasteiger charge is -2.02. The van der Waals surface area contributed by atoms with Crippen LogP contribution in [-0.4, -0.2) is 20.9 Å². The molecule has 1 heterocycles. The van der Waals surface area contributed by atoms with Crippen LogP contribution >= 0.6 is 0 Å². The van der Waals surface area contributed by atoms with Crippen molar-refractivity contribution in [3.63, 3.8) is 0 Å². The van der Waals surface area contributed by atoms with E-state index in [0.717, 1.165) is 23.0 Å². The normalized spacial score (nSPS) is 10.9. The molecular formula is C13H12N2O2. The maximum Gasteiger partial charge on any atom is 0.328 e. The molecule has 1 aromatic carbocycles. The van der Waals surface area contributed by atoms with Gasteiger partial charge in [0, 0.05) is 12.3 Å². The van der Waals surface area contributed by atoms with Crippen molar-refractivity contribution in [2.45, 2.75) is 6.92 Å². The van der Waals surface area contributed by atoms with Crippen LogP contribution in [0.25, 0.3) is 11.8 Å². The van der Waals surface area contributed by atoms with Gasteiger partial charge in [0.05, 0.1) is 11.4 Å². The van der Waals surface area contributed by atoms with E-state index >= 15 is 0 Å². The molecule has 0 amide bonds. The zero-order chi connectivity index (χ0) is 12.3. The lowest BCUT2D eigenvalue weighted by Crippen LogP contribution is -1.95. The maximum atomic E-state index is 10.4. The molecule has 0 aliphatic carbocycles. The smallest absolute Gasteiger partial charge is 0.328 e. The Kier molecular flexibility index (Phi) is 3.05. The van der Waals surface area contributed by atoms with E-state index in [9.17, 15) is 4.79 Å². The first-order valence-corrected chi connectivity index (χ1v) is 5.19. The third kappa shape index (κ3) is 2.81. The van der Waals surface area contributed by atoms with Crippen LogP contribution in [0, 0.1) is 6.92 Å². The Morgan fingerprint density at radius 3 is 2.88 bits per heavy atom. The second-order valence-electron chi connectivity index (χ2n) is 3.67. The lowest BCUT2D eigenvalue weighted by atomic mass is 10.2. The van der Waals surface area contributed by atoms with E-state index in [1.54, 1.807) is 10.8 Å². The average molecular weight is 228 g/mol. The lowest BCUT2D eigenvalue weighted by molar-refractivity contribution is -0.131. The molecule has 0 atom stereocenters. The second-order valence-corrected chi connectivity index (χ2v) is 3.67. The molecule has 0 spiro atoms. The Hall–Kier alpha value is -2.36. The number of aryl methyl sites for hydroxylation is 1. The summed E-state index contributed by atoms with van der Waals surface area (Å²) in [7, 11) is 0. The quantitative estimate of drug-likeness (QED) is 0.820. The molecule has 1 aromatic heterocycles. The van der Waals surface area contributed by atoms with Gasteiger partial charge in [-0.2, -0.15) is 5.10 Å².